The molecule has 0 bridgehead atoms. The zero-order chi connectivity index (χ0) is 21.1. The van der Waals surface area contributed by atoms with Gasteiger partial charge in [-0.15, -0.1) is 0 Å². The Kier molecular flexibility index (Phi) is 5.52. The number of fused-ring (bicyclic) bond motifs is 1. The van der Waals surface area contributed by atoms with Crippen molar-refractivity contribution in [2.45, 2.75) is 13.0 Å². The number of carbonyl (C=O) groups excluding carboxylic acids is 1. The summed E-state index contributed by atoms with van der Waals surface area (Å²) in [4.78, 5) is 14.5. The van der Waals surface area contributed by atoms with E-state index in [4.69, 9.17) is 14.0 Å². The maximum absolute atomic E-state index is 13.2. The highest BCUT2D eigenvalue weighted by Crippen LogP contribution is 2.31. The fourth-order valence-corrected chi connectivity index (χ4v) is 3.46. The number of ether oxygens (including phenoxy) is 2. The van der Waals surface area contributed by atoms with Crippen LogP contribution in [0.2, 0.25) is 0 Å². The topological polar surface area (TPSA) is 64.8 Å². The first-order valence-corrected chi connectivity index (χ1v) is 9.51. The third kappa shape index (κ3) is 3.91. The van der Waals surface area contributed by atoms with Crippen molar-refractivity contribution in [2.75, 3.05) is 20.8 Å². The predicted octanol–water partition coefficient (Wildman–Crippen LogP) is 4.10. The number of carbonyl (C=O) groups is 1. The van der Waals surface area contributed by atoms with Crippen molar-refractivity contribution in [2.24, 2.45) is 0 Å². The molecule has 0 saturated heterocycles. The van der Waals surface area contributed by atoms with E-state index >= 15 is 0 Å². The Morgan fingerprint density at radius 3 is 2.63 bits per heavy atom. The summed E-state index contributed by atoms with van der Waals surface area (Å²) in [7, 11) is 3.14. The van der Waals surface area contributed by atoms with Gasteiger partial charge in [-0.05, 0) is 48.0 Å². The zero-order valence-corrected chi connectivity index (χ0v) is 16.7. The number of nitrogens with zero attached hydrogens (tertiary/aromatic N) is 2. The Morgan fingerprint density at radius 1 is 1.13 bits per heavy atom. The van der Waals surface area contributed by atoms with E-state index in [0.717, 1.165) is 22.4 Å². The molecule has 0 radical (unpaired) electrons. The molecule has 6 nitrogen and oxygen atoms in total. The van der Waals surface area contributed by atoms with Crippen LogP contribution in [0.25, 0.3) is 17.4 Å². The molecule has 0 aliphatic carbocycles. The molecule has 0 saturated carbocycles. The molecule has 1 aromatic heterocycles. The van der Waals surface area contributed by atoms with Crippen molar-refractivity contribution in [3.8, 4) is 22.8 Å². The monoisotopic (exact) mass is 408 g/mol. The molecular weight excluding hydrogens is 387 g/mol. The molecule has 4 rings (SSSR count). The Bertz CT molecular complexity index is 1090. The van der Waals surface area contributed by atoms with E-state index in [1.165, 1.54) is 18.2 Å². The molecular formula is C23H21FN2O4. The minimum Gasteiger partial charge on any atom is -0.493 e. The van der Waals surface area contributed by atoms with Gasteiger partial charge in [-0.1, -0.05) is 11.2 Å². The first-order chi connectivity index (χ1) is 14.6. The third-order valence-corrected chi connectivity index (χ3v) is 5.08. The number of aromatic nitrogens is 1. The van der Waals surface area contributed by atoms with Crippen LogP contribution in [0.4, 0.5) is 4.39 Å². The van der Waals surface area contributed by atoms with Crippen LogP contribution in [0.1, 0.15) is 16.8 Å². The van der Waals surface area contributed by atoms with Crippen LogP contribution in [0.15, 0.2) is 53.1 Å². The number of halogens is 1. The van der Waals surface area contributed by atoms with Crippen molar-refractivity contribution < 1.29 is 23.2 Å². The summed E-state index contributed by atoms with van der Waals surface area (Å²) in [5.74, 6) is 1.38. The molecule has 1 aliphatic heterocycles. The highest BCUT2D eigenvalue weighted by atomic mass is 19.1. The molecule has 154 valence electrons. The number of benzene rings is 2. The van der Waals surface area contributed by atoms with Crippen LogP contribution in [-0.4, -0.2) is 36.7 Å². The summed E-state index contributed by atoms with van der Waals surface area (Å²) < 4.78 is 29.3. The maximum atomic E-state index is 13.2. The molecule has 7 heteroatoms. The Morgan fingerprint density at radius 2 is 1.90 bits per heavy atom. The smallest absolute Gasteiger partial charge is 0.246 e. The third-order valence-electron chi connectivity index (χ3n) is 5.08. The standard InChI is InChI=1S/C23H21FN2O4/c1-28-20-9-3-15(13-21(20)29-2)4-10-22(27)26-12-11-19-18(14-26)23(30-25-19)16-5-7-17(24)8-6-16/h3-10,13H,11-12,14H2,1-2H3/b10-4+. The summed E-state index contributed by atoms with van der Waals surface area (Å²) in [6.07, 6.45) is 3.89. The highest BCUT2D eigenvalue weighted by Gasteiger charge is 2.26. The Labute approximate surface area is 173 Å². The fourth-order valence-electron chi connectivity index (χ4n) is 3.46. The molecule has 1 amide bonds. The van der Waals surface area contributed by atoms with Crippen molar-refractivity contribution >= 4 is 12.0 Å². The fraction of sp³-hybridized carbons (Fsp3) is 0.217. The van der Waals surface area contributed by atoms with Crippen LogP contribution in [0.3, 0.4) is 0 Å². The number of hydrogen-bond acceptors (Lipinski definition) is 5. The summed E-state index contributed by atoms with van der Waals surface area (Å²) in [6, 6.07) is 11.5. The van der Waals surface area contributed by atoms with Crippen LogP contribution < -0.4 is 9.47 Å². The van der Waals surface area contributed by atoms with Crippen LogP contribution in [0, 0.1) is 5.82 Å². The van der Waals surface area contributed by atoms with Crippen LogP contribution >= 0.6 is 0 Å². The number of amides is 1. The van der Waals surface area contributed by atoms with Crippen molar-refractivity contribution in [3.63, 3.8) is 0 Å². The Hall–Kier alpha value is -3.61. The molecule has 0 atom stereocenters. The van der Waals surface area contributed by atoms with Gasteiger partial charge in [0, 0.05) is 30.2 Å². The lowest BCUT2D eigenvalue weighted by Crippen LogP contribution is -2.34. The van der Waals surface area contributed by atoms with E-state index in [1.54, 1.807) is 43.4 Å². The molecule has 0 fully saturated rings. The van der Waals surface area contributed by atoms with Crippen molar-refractivity contribution in [1.82, 2.24) is 10.1 Å². The lowest BCUT2D eigenvalue weighted by atomic mass is 10.0. The van der Waals surface area contributed by atoms with Gasteiger partial charge >= 0.3 is 0 Å². The van der Waals surface area contributed by atoms with Gasteiger partial charge in [-0.25, -0.2) is 4.39 Å². The quantitative estimate of drug-likeness (QED) is 0.595. The zero-order valence-electron chi connectivity index (χ0n) is 16.7. The second kappa shape index (κ2) is 8.41. The van der Waals surface area contributed by atoms with Gasteiger partial charge in [0.05, 0.1) is 26.5 Å². The van der Waals surface area contributed by atoms with Gasteiger partial charge in [0.25, 0.3) is 0 Å². The minimum atomic E-state index is -0.316. The average molecular weight is 408 g/mol. The van der Waals surface area contributed by atoms with E-state index in [2.05, 4.69) is 5.16 Å². The molecule has 2 aromatic carbocycles. The SMILES string of the molecule is COc1ccc(/C=C/C(=O)N2CCc3noc(-c4ccc(F)cc4)c3C2)cc1OC. The first-order valence-electron chi connectivity index (χ1n) is 9.51. The van der Waals surface area contributed by atoms with E-state index in [1.807, 2.05) is 12.1 Å². The second-order valence-electron chi connectivity index (χ2n) is 6.90. The average Bonchev–Trinajstić information content (AvgIpc) is 3.21. The molecule has 0 unspecified atom stereocenters. The van der Waals surface area contributed by atoms with E-state index < -0.39 is 0 Å². The van der Waals surface area contributed by atoms with Crippen molar-refractivity contribution in [1.29, 1.82) is 0 Å². The summed E-state index contributed by atoms with van der Waals surface area (Å²) in [6.45, 7) is 0.943. The largest absolute Gasteiger partial charge is 0.493 e. The summed E-state index contributed by atoms with van der Waals surface area (Å²) in [5, 5.41) is 4.13. The van der Waals surface area contributed by atoms with Crippen LogP contribution in [-0.2, 0) is 17.8 Å². The van der Waals surface area contributed by atoms with Gasteiger partial charge in [-0.2, -0.15) is 0 Å². The number of methoxy groups -OCH3 is 2. The Balaban J connectivity index is 1.51. The van der Waals surface area contributed by atoms with E-state index in [0.29, 0.717) is 36.8 Å². The van der Waals surface area contributed by atoms with E-state index in [9.17, 15) is 9.18 Å². The number of hydrogen-bond donors (Lipinski definition) is 0. The van der Waals surface area contributed by atoms with Crippen molar-refractivity contribution in [3.05, 3.63) is 71.2 Å². The molecule has 2 heterocycles. The minimum absolute atomic E-state index is 0.110. The molecule has 0 spiro atoms. The lowest BCUT2D eigenvalue weighted by Gasteiger charge is -2.25. The van der Waals surface area contributed by atoms with Gasteiger partial charge < -0.3 is 18.9 Å². The summed E-state index contributed by atoms with van der Waals surface area (Å²) >= 11 is 0. The highest BCUT2D eigenvalue weighted by molar-refractivity contribution is 5.92. The normalized spacial score (nSPS) is 13.4. The second-order valence-corrected chi connectivity index (χ2v) is 6.90. The lowest BCUT2D eigenvalue weighted by molar-refractivity contribution is -0.126. The first kappa shape index (κ1) is 19.7. The maximum Gasteiger partial charge on any atom is 0.246 e. The molecule has 30 heavy (non-hydrogen) atoms. The van der Waals surface area contributed by atoms with Gasteiger partial charge in [0.1, 0.15) is 5.82 Å². The number of rotatable bonds is 5. The van der Waals surface area contributed by atoms with E-state index in [-0.39, 0.29) is 11.7 Å². The van der Waals surface area contributed by atoms with Gasteiger partial charge in [0.2, 0.25) is 5.91 Å². The van der Waals surface area contributed by atoms with Gasteiger partial charge in [-0.3, -0.25) is 4.79 Å². The molecule has 1 aliphatic rings. The predicted molar refractivity (Wildman–Crippen MR) is 110 cm³/mol. The van der Waals surface area contributed by atoms with Gasteiger partial charge in [0.15, 0.2) is 17.3 Å². The molecule has 3 aromatic rings. The van der Waals surface area contributed by atoms with Crippen LogP contribution in [0.5, 0.6) is 11.5 Å². The summed E-state index contributed by atoms with van der Waals surface area (Å²) in [5.41, 5.74) is 3.26. The molecule has 0 N–H and O–H groups in total.